The molecule has 0 aromatic carbocycles. The van der Waals surface area contributed by atoms with Crippen LogP contribution in [-0.4, -0.2) is 86.8 Å². The Labute approximate surface area is 142 Å². The number of aromatic amines is 1. The fourth-order valence-corrected chi connectivity index (χ4v) is 3.01. The molecular weight excluding hydrogens is 328 g/mol. The monoisotopic (exact) mass is 344 g/mol. The first-order chi connectivity index (χ1) is 12.1. The number of fused-ring (bicyclic) bond motifs is 1. The molecule has 4 amide bonds. The predicted molar refractivity (Wildman–Crippen MR) is 85.6 cm³/mol. The van der Waals surface area contributed by atoms with E-state index in [2.05, 4.69) is 30.2 Å². The van der Waals surface area contributed by atoms with Crippen molar-refractivity contribution >= 4 is 34.8 Å². The van der Waals surface area contributed by atoms with E-state index < -0.39 is 6.03 Å². The van der Waals surface area contributed by atoms with Crippen molar-refractivity contribution in [2.75, 3.05) is 44.2 Å². The molecule has 11 nitrogen and oxygen atoms in total. The first kappa shape index (κ1) is 15.3. The van der Waals surface area contributed by atoms with E-state index in [1.165, 1.54) is 6.33 Å². The van der Waals surface area contributed by atoms with E-state index in [1.807, 2.05) is 0 Å². The molecule has 0 unspecified atom stereocenters. The van der Waals surface area contributed by atoms with Crippen LogP contribution in [0.2, 0.25) is 0 Å². The molecular formula is C14H16N8O3. The minimum Gasteiger partial charge on any atom is -0.351 e. The van der Waals surface area contributed by atoms with Gasteiger partial charge >= 0.3 is 6.03 Å². The van der Waals surface area contributed by atoms with E-state index in [1.54, 1.807) is 11.2 Å². The molecule has 0 atom stereocenters. The van der Waals surface area contributed by atoms with Crippen molar-refractivity contribution in [2.45, 2.75) is 0 Å². The molecule has 0 radical (unpaired) electrons. The van der Waals surface area contributed by atoms with Gasteiger partial charge in [-0.3, -0.25) is 14.5 Å². The first-order valence-electron chi connectivity index (χ1n) is 7.88. The largest absolute Gasteiger partial charge is 0.351 e. The van der Waals surface area contributed by atoms with E-state index >= 15 is 0 Å². The summed E-state index contributed by atoms with van der Waals surface area (Å²) >= 11 is 0. The number of imide groups is 1. The van der Waals surface area contributed by atoms with Gasteiger partial charge in [-0.2, -0.15) is 0 Å². The summed E-state index contributed by atoms with van der Waals surface area (Å²) in [7, 11) is 0. The zero-order valence-electron chi connectivity index (χ0n) is 13.3. The van der Waals surface area contributed by atoms with Gasteiger partial charge in [0.1, 0.15) is 18.4 Å². The number of urea groups is 1. The van der Waals surface area contributed by atoms with Crippen LogP contribution in [0.4, 0.5) is 10.6 Å². The summed E-state index contributed by atoms with van der Waals surface area (Å²) in [5.74, 6) is 0.141. The number of anilines is 1. The number of amides is 4. The summed E-state index contributed by atoms with van der Waals surface area (Å²) in [6.07, 6.45) is 3.04. The van der Waals surface area contributed by atoms with Gasteiger partial charge in [-0.1, -0.05) is 0 Å². The summed E-state index contributed by atoms with van der Waals surface area (Å²) < 4.78 is 0. The smallest absolute Gasteiger partial charge is 0.325 e. The molecule has 11 heteroatoms. The van der Waals surface area contributed by atoms with Crippen molar-refractivity contribution in [3.8, 4) is 0 Å². The number of nitrogens with zero attached hydrogens (tertiary/aromatic N) is 6. The maximum absolute atomic E-state index is 12.4. The van der Waals surface area contributed by atoms with Gasteiger partial charge in [0.2, 0.25) is 5.91 Å². The molecule has 0 aliphatic carbocycles. The third-order valence-electron chi connectivity index (χ3n) is 4.37. The van der Waals surface area contributed by atoms with Crippen molar-refractivity contribution in [1.29, 1.82) is 0 Å². The topological polar surface area (TPSA) is 127 Å². The standard InChI is InChI=1S/C14H16N8O3/c23-9-5-15-14(25)22(9)6-10(24)20-1-3-21(4-2-20)13-11-12(17-7-16-11)18-8-19-13/h7-8H,1-6H2,(H,15,25)(H,16,17,18,19). The first-order valence-corrected chi connectivity index (χ1v) is 7.88. The van der Waals surface area contributed by atoms with E-state index in [0.29, 0.717) is 31.8 Å². The van der Waals surface area contributed by atoms with Crippen LogP contribution in [0.3, 0.4) is 0 Å². The van der Waals surface area contributed by atoms with Gasteiger partial charge in [0, 0.05) is 26.2 Å². The van der Waals surface area contributed by atoms with Crippen LogP contribution in [-0.2, 0) is 9.59 Å². The molecule has 2 aromatic heterocycles. The second-order valence-electron chi connectivity index (χ2n) is 5.80. The minimum atomic E-state index is -0.514. The minimum absolute atomic E-state index is 0.0478. The number of rotatable bonds is 3. The predicted octanol–water partition coefficient (Wildman–Crippen LogP) is -1.45. The highest BCUT2D eigenvalue weighted by atomic mass is 16.2. The molecule has 0 saturated carbocycles. The quantitative estimate of drug-likeness (QED) is 0.652. The highest BCUT2D eigenvalue weighted by molar-refractivity contribution is 6.04. The van der Waals surface area contributed by atoms with Crippen LogP contribution < -0.4 is 10.2 Å². The number of imidazole rings is 1. The zero-order chi connectivity index (χ0) is 17.4. The Balaban J connectivity index is 1.40. The van der Waals surface area contributed by atoms with Gasteiger partial charge in [-0.15, -0.1) is 0 Å². The Morgan fingerprint density at radius 3 is 2.64 bits per heavy atom. The van der Waals surface area contributed by atoms with Gasteiger partial charge in [-0.25, -0.2) is 19.7 Å². The molecule has 130 valence electrons. The SMILES string of the molecule is O=C(CN1C(=O)CNC1=O)N1CCN(c2ncnc3nc[nH]c23)CC1. The molecule has 4 rings (SSSR count). The lowest BCUT2D eigenvalue weighted by atomic mass is 10.3. The molecule has 2 aliphatic heterocycles. The second kappa shape index (κ2) is 6.00. The number of nitrogens with one attached hydrogen (secondary N) is 2. The normalized spacial score (nSPS) is 18.2. The number of H-pyrrole nitrogens is 1. The van der Waals surface area contributed by atoms with Crippen LogP contribution >= 0.6 is 0 Å². The van der Waals surface area contributed by atoms with Gasteiger partial charge in [0.05, 0.1) is 12.9 Å². The van der Waals surface area contributed by atoms with Crippen molar-refractivity contribution < 1.29 is 14.4 Å². The molecule has 2 aromatic rings. The lowest BCUT2D eigenvalue weighted by Crippen LogP contribution is -2.52. The average molecular weight is 344 g/mol. The second-order valence-corrected chi connectivity index (χ2v) is 5.80. The molecule has 0 bridgehead atoms. The summed E-state index contributed by atoms with van der Waals surface area (Å²) in [6.45, 7) is 1.90. The van der Waals surface area contributed by atoms with E-state index in [0.717, 1.165) is 16.2 Å². The molecule has 2 fully saturated rings. The summed E-state index contributed by atoms with van der Waals surface area (Å²) in [5, 5.41) is 2.41. The Morgan fingerprint density at radius 1 is 1.12 bits per heavy atom. The van der Waals surface area contributed by atoms with Gasteiger partial charge in [-0.05, 0) is 0 Å². The number of aromatic nitrogens is 4. The molecule has 2 saturated heterocycles. The maximum Gasteiger partial charge on any atom is 0.325 e. The molecule has 2 N–H and O–H groups in total. The fraction of sp³-hybridized carbons (Fsp3) is 0.429. The Kier molecular flexibility index (Phi) is 3.67. The van der Waals surface area contributed by atoms with Crippen LogP contribution in [0.25, 0.3) is 11.2 Å². The Hall–Kier alpha value is -3.24. The van der Waals surface area contributed by atoms with Crippen molar-refractivity contribution in [3.05, 3.63) is 12.7 Å². The third kappa shape index (κ3) is 2.73. The van der Waals surface area contributed by atoms with E-state index in [4.69, 9.17) is 0 Å². The molecule has 0 spiro atoms. The van der Waals surface area contributed by atoms with E-state index in [-0.39, 0.29) is 24.9 Å². The van der Waals surface area contributed by atoms with Crippen LogP contribution in [0.5, 0.6) is 0 Å². The third-order valence-corrected chi connectivity index (χ3v) is 4.37. The highest BCUT2D eigenvalue weighted by Crippen LogP contribution is 2.20. The van der Waals surface area contributed by atoms with Crippen LogP contribution in [0.1, 0.15) is 0 Å². The van der Waals surface area contributed by atoms with Gasteiger partial charge in [0.25, 0.3) is 5.91 Å². The van der Waals surface area contributed by atoms with Crippen LogP contribution in [0, 0.1) is 0 Å². The van der Waals surface area contributed by atoms with Gasteiger partial charge < -0.3 is 20.1 Å². The fourth-order valence-electron chi connectivity index (χ4n) is 3.01. The Morgan fingerprint density at radius 2 is 1.92 bits per heavy atom. The van der Waals surface area contributed by atoms with E-state index in [9.17, 15) is 14.4 Å². The number of hydrogen-bond acceptors (Lipinski definition) is 7. The average Bonchev–Trinajstić information content (AvgIpc) is 3.23. The van der Waals surface area contributed by atoms with Crippen molar-refractivity contribution in [2.24, 2.45) is 0 Å². The lowest BCUT2D eigenvalue weighted by molar-refractivity contribution is -0.136. The number of piperazine rings is 1. The molecule has 25 heavy (non-hydrogen) atoms. The van der Waals surface area contributed by atoms with Crippen LogP contribution in [0.15, 0.2) is 12.7 Å². The van der Waals surface area contributed by atoms with Crippen molar-refractivity contribution in [1.82, 2.24) is 35.1 Å². The number of carbonyl (C=O) groups is 3. The summed E-state index contributed by atoms with van der Waals surface area (Å²) in [4.78, 5) is 55.7. The molecule has 2 aliphatic rings. The number of hydrogen-bond donors (Lipinski definition) is 2. The summed E-state index contributed by atoms with van der Waals surface area (Å²) in [5.41, 5.74) is 1.36. The highest BCUT2D eigenvalue weighted by Gasteiger charge is 2.32. The molecule has 4 heterocycles. The maximum atomic E-state index is 12.4. The summed E-state index contributed by atoms with van der Waals surface area (Å²) in [6, 6.07) is -0.514. The van der Waals surface area contributed by atoms with Crippen molar-refractivity contribution in [3.63, 3.8) is 0 Å². The number of carbonyl (C=O) groups excluding carboxylic acids is 3. The lowest BCUT2D eigenvalue weighted by Gasteiger charge is -2.35. The Bertz CT molecular complexity index is 825. The van der Waals surface area contributed by atoms with Gasteiger partial charge in [0.15, 0.2) is 11.5 Å². The zero-order valence-corrected chi connectivity index (χ0v) is 13.3.